The van der Waals surface area contributed by atoms with Crippen molar-refractivity contribution in [2.45, 2.75) is 18.9 Å². The SMILES string of the molecule is CS(=O)(=O)N1CC=C(c2cc(N3CCC[C@@H](NC(=O)c4ccc(Cl)s4)C3)c3c(N)ncnn23)C1. The van der Waals surface area contributed by atoms with E-state index < -0.39 is 10.0 Å². The number of hydrogen-bond acceptors (Lipinski definition) is 8. The first-order valence-corrected chi connectivity index (χ1v) is 13.8. The number of piperidine rings is 1. The zero-order valence-corrected chi connectivity index (χ0v) is 20.8. The number of fused-ring (bicyclic) bond motifs is 1. The van der Waals surface area contributed by atoms with Gasteiger partial charge in [-0.2, -0.15) is 9.40 Å². The summed E-state index contributed by atoms with van der Waals surface area (Å²) in [7, 11) is -3.30. The summed E-state index contributed by atoms with van der Waals surface area (Å²) in [5.41, 5.74) is 9.44. The number of anilines is 2. The number of hydrogen-bond donors (Lipinski definition) is 2. The van der Waals surface area contributed by atoms with Gasteiger partial charge in [0.1, 0.15) is 11.8 Å². The molecule has 0 aliphatic carbocycles. The largest absolute Gasteiger partial charge is 0.382 e. The first-order valence-electron chi connectivity index (χ1n) is 10.8. The van der Waals surface area contributed by atoms with Crippen LogP contribution in [-0.4, -0.2) is 71.7 Å². The van der Waals surface area contributed by atoms with Crippen LogP contribution in [0.3, 0.4) is 0 Å². The van der Waals surface area contributed by atoms with Crippen molar-refractivity contribution in [1.82, 2.24) is 24.2 Å². The molecule has 0 radical (unpaired) electrons. The molecular weight excluding hydrogens is 498 g/mol. The summed E-state index contributed by atoms with van der Waals surface area (Å²) in [6.07, 6.45) is 6.25. The van der Waals surface area contributed by atoms with E-state index >= 15 is 0 Å². The smallest absolute Gasteiger partial charge is 0.261 e. The van der Waals surface area contributed by atoms with Crippen LogP contribution in [0, 0.1) is 0 Å². The topological polar surface area (TPSA) is 126 Å². The van der Waals surface area contributed by atoms with Crippen molar-refractivity contribution < 1.29 is 13.2 Å². The highest BCUT2D eigenvalue weighted by atomic mass is 35.5. The summed E-state index contributed by atoms with van der Waals surface area (Å²) in [5.74, 6) is 0.209. The molecule has 0 spiro atoms. The Morgan fingerprint density at radius 3 is 2.88 bits per heavy atom. The zero-order chi connectivity index (χ0) is 24.0. The van der Waals surface area contributed by atoms with Crippen LogP contribution in [-0.2, 0) is 10.0 Å². The molecule has 5 heterocycles. The van der Waals surface area contributed by atoms with Crippen LogP contribution in [0.2, 0.25) is 4.34 Å². The predicted molar refractivity (Wildman–Crippen MR) is 134 cm³/mol. The lowest BCUT2D eigenvalue weighted by Gasteiger charge is -2.34. The number of halogens is 1. The van der Waals surface area contributed by atoms with Crippen LogP contribution in [0.25, 0.3) is 11.1 Å². The number of amides is 1. The average molecular weight is 522 g/mol. The number of carbonyl (C=O) groups excluding carboxylic acids is 1. The summed E-state index contributed by atoms with van der Waals surface area (Å²) < 4.78 is 27.7. The van der Waals surface area contributed by atoms with E-state index in [-0.39, 0.29) is 18.5 Å². The van der Waals surface area contributed by atoms with Gasteiger partial charge in [-0.05, 0) is 36.6 Å². The van der Waals surface area contributed by atoms with E-state index in [0.717, 1.165) is 36.3 Å². The van der Waals surface area contributed by atoms with Gasteiger partial charge in [0.2, 0.25) is 10.0 Å². The Kier molecular flexibility index (Phi) is 6.00. The molecule has 3 N–H and O–H groups in total. The summed E-state index contributed by atoms with van der Waals surface area (Å²) in [5, 5.41) is 7.52. The quantitative estimate of drug-likeness (QED) is 0.526. The normalized spacial score (nSPS) is 19.5. The maximum absolute atomic E-state index is 12.6. The minimum Gasteiger partial charge on any atom is -0.382 e. The molecule has 1 fully saturated rings. The van der Waals surface area contributed by atoms with Gasteiger partial charge in [-0.25, -0.2) is 17.9 Å². The van der Waals surface area contributed by atoms with Gasteiger partial charge in [-0.3, -0.25) is 4.79 Å². The third-order valence-corrected chi connectivity index (χ3v) is 8.59. The Morgan fingerprint density at radius 2 is 2.18 bits per heavy atom. The van der Waals surface area contributed by atoms with Crippen molar-refractivity contribution in [2.75, 3.05) is 43.1 Å². The Hall–Kier alpha value is -2.67. The first kappa shape index (κ1) is 23.1. The first-order chi connectivity index (χ1) is 16.2. The molecule has 2 aliphatic rings. The number of nitrogen functional groups attached to an aromatic ring is 1. The third kappa shape index (κ3) is 4.38. The van der Waals surface area contributed by atoms with Crippen molar-refractivity contribution in [3.05, 3.63) is 45.5 Å². The van der Waals surface area contributed by atoms with Crippen LogP contribution in [0.15, 0.2) is 30.6 Å². The second-order valence-electron chi connectivity index (χ2n) is 8.47. The molecule has 0 aromatic carbocycles. The molecule has 180 valence electrons. The van der Waals surface area contributed by atoms with E-state index in [2.05, 4.69) is 20.3 Å². The van der Waals surface area contributed by atoms with Crippen LogP contribution < -0.4 is 16.0 Å². The number of nitrogens with two attached hydrogens (primary N) is 1. The number of sulfonamides is 1. The van der Waals surface area contributed by atoms with Gasteiger partial charge < -0.3 is 16.0 Å². The van der Waals surface area contributed by atoms with Crippen LogP contribution in [0.1, 0.15) is 28.2 Å². The zero-order valence-electron chi connectivity index (χ0n) is 18.4. The Morgan fingerprint density at radius 1 is 1.35 bits per heavy atom. The molecule has 3 aromatic rings. The molecule has 2 aliphatic heterocycles. The van der Waals surface area contributed by atoms with E-state index in [1.807, 2.05) is 12.1 Å². The lowest BCUT2D eigenvalue weighted by Crippen LogP contribution is -2.47. The Balaban J connectivity index is 1.43. The van der Waals surface area contributed by atoms with Crippen molar-refractivity contribution in [2.24, 2.45) is 0 Å². The van der Waals surface area contributed by atoms with Crippen molar-refractivity contribution in [1.29, 1.82) is 0 Å². The predicted octanol–water partition coefficient (Wildman–Crippen LogP) is 2.08. The molecule has 0 unspecified atom stereocenters. The fraction of sp³-hybridized carbons (Fsp3) is 0.381. The summed E-state index contributed by atoms with van der Waals surface area (Å²) in [6.45, 7) is 1.99. The molecule has 1 atom stereocenters. The van der Waals surface area contributed by atoms with Gasteiger partial charge in [0.25, 0.3) is 5.91 Å². The maximum atomic E-state index is 12.6. The standard InChI is InChI=1S/C21H24ClN7O3S2/c1-34(31,32)28-8-6-13(10-28)15-9-16(19-20(23)24-12-25-29(15)19)27-7-2-3-14(11-27)26-21(30)17-4-5-18(22)33-17/h4-6,9,12,14H,2-3,7-8,10-11H2,1H3,(H,26,30)(H2,23,24,25)/t14-/m1/s1. The van der Waals surface area contributed by atoms with Crippen LogP contribution in [0.4, 0.5) is 11.5 Å². The molecule has 1 amide bonds. The maximum Gasteiger partial charge on any atom is 0.261 e. The van der Waals surface area contributed by atoms with Crippen molar-refractivity contribution in [3.63, 3.8) is 0 Å². The molecule has 13 heteroatoms. The molecule has 5 rings (SSSR count). The van der Waals surface area contributed by atoms with E-state index in [1.54, 1.807) is 16.6 Å². The van der Waals surface area contributed by atoms with Gasteiger partial charge in [0.15, 0.2) is 5.82 Å². The lowest BCUT2D eigenvalue weighted by atomic mass is 10.0. The number of nitrogens with zero attached hydrogens (tertiary/aromatic N) is 5. The van der Waals surface area contributed by atoms with Crippen molar-refractivity contribution in [3.8, 4) is 0 Å². The van der Waals surface area contributed by atoms with Crippen molar-refractivity contribution >= 4 is 61.5 Å². The number of rotatable bonds is 5. The highest BCUT2D eigenvalue weighted by Crippen LogP contribution is 2.35. The third-order valence-electron chi connectivity index (χ3n) is 6.14. The highest BCUT2D eigenvalue weighted by Gasteiger charge is 2.29. The summed E-state index contributed by atoms with van der Waals surface area (Å²) >= 11 is 7.23. The average Bonchev–Trinajstić information content (AvgIpc) is 3.52. The second-order valence-corrected chi connectivity index (χ2v) is 12.2. The molecule has 3 aromatic heterocycles. The molecule has 0 saturated carbocycles. The number of carbonyl (C=O) groups is 1. The Labute approximate surface area is 206 Å². The van der Waals surface area contributed by atoms with E-state index in [0.29, 0.717) is 33.6 Å². The minimum absolute atomic E-state index is 0.0437. The summed E-state index contributed by atoms with van der Waals surface area (Å²) in [4.78, 5) is 19.6. The van der Waals surface area contributed by atoms with Gasteiger partial charge in [-0.15, -0.1) is 11.3 Å². The van der Waals surface area contributed by atoms with Gasteiger partial charge in [0, 0.05) is 32.2 Å². The molecule has 10 nitrogen and oxygen atoms in total. The lowest BCUT2D eigenvalue weighted by molar-refractivity contribution is 0.0937. The van der Waals surface area contributed by atoms with E-state index in [9.17, 15) is 13.2 Å². The van der Waals surface area contributed by atoms with Gasteiger partial charge >= 0.3 is 0 Å². The van der Waals surface area contributed by atoms with Crippen LogP contribution >= 0.6 is 22.9 Å². The van der Waals surface area contributed by atoms with E-state index in [1.165, 1.54) is 28.2 Å². The Bertz CT molecular complexity index is 1400. The monoisotopic (exact) mass is 521 g/mol. The molecular formula is C21H24ClN7O3S2. The number of aromatic nitrogens is 3. The fourth-order valence-electron chi connectivity index (χ4n) is 4.49. The minimum atomic E-state index is -3.30. The second kappa shape index (κ2) is 8.84. The van der Waals surface area contributed by atoms with Gasteiger partial charge in [0.05, 0.1) is 26.9 Å². The fourth-order valence-corrected chi connectivity index (χ4v) is 6.16. The number of nitrogens with one attached hydrogen (secondary N) is 1. The molecule has 1 saturated heterocycles. The highest BCUT2D eigenvalue weighted by molar-refractivity contribution is 7.88. The summed E-state index contributed by atoms with van der Waals surface area (Å²) in [6, 6.07) is 5.39. The number of thiophene rings is 1. The van der Waals surface area contributed by atoms with E-state index in [4.69, 9.17) is 17.3 Å². The molecule has 0 bridgehead atoms. The van der Waals surface area contributed by atoms with Crippen LogP contribution in [0.5, 0.6) is 0 Å². The molecule has 34 heavy (non-hydrogen) atoms. The van der Waals surface area contributed by atoms with Gasteiger partial charge in [-0.1, -0.05) is 17.7 Å².